The third kappa shape index (κ3) is 18.8. The van der Waals surface area contributed by atoms with Crippen LogP contribution in [0.25, 0.3) is 11.0 Å². The Morgan fingerprint density at radius 1 is 0.800 bits per heavy atom. The number of aromatic nitrogens is 2. The summed E-state index contributed by atoms with van der Waals surface area (Å²) in [5.74, 6) is 19.3. The molecule has 2 N–H and O–H groups in total. The standard InChI is InChI=1S/C43H49N6O10P/c1-3-5-7-9-10-16-19-22-32-56-34-36(35-57-60(55,33-23-8-6-4-2)58-38-27-25-37(26-28-38)48(51)52)45-41(50)24-20-17-14-12-11-13-15-18-21-31-44-39-29-30-40(49(53)54)43-42(39)46-59-47-43/h1,25-30,36,44H,4,6,8,11-15,17-18,20-21,23-24,31,33-35H2,2H3,(H,45,50). The number of fused-ring (bicyclic) bond motifs is 1. The Hall–Kier alpha value is -6.50. The molecule has 316 valence electrons. The Morgan fingerprint density at radius 3 is 2.10 bits per heavy atom. The van der Waals surface area contributed by atoms with E-state index in [1.807, 2.05) is 0 Å². The molecule has 0 aliphatic rings. The number of amides is 1. The summed E-state index contributed by atoms with van der Waals surface area (Å²) in [6, 6.07) is 7.53. The first-order valence-electron chi connectivity index (χ1n) is 19.8. The second-order valence-electron chi connectivity index (χ2n) is 13.4. The average Bonchev–Trinajstić information content (AvgIpc) is 3.73. The average molecular weight is 841 g/mol. The van der Waals surface area contributed by atoms with Gasteiger partial charge < -0.3 is 19.9 Å². The molecule has 2 aromatic carbocycles. The number of nitrogens with zero attached hydrogens (tertiary/aromatic N) is 4. The number of non-ortho nitro benzene ring substituents is 2. The van der Waals surface area contributed by atoms with E-state index < -0.39 is 23.5 Å². The topological polar surface area (TPSA) is 211 Å². The highest BCUT2D eigenvalue weighted by molar-refractivity contribution is 7.54. The Balaban J connectivity index is 1.43. The summed E-state index contributed by atoms with van der Waals surface area (Å²) in [4.78, 5) is 34.2. The Morgan fingerprint density at radius 2 is 1.43 bits per heavy atom. The molecule has 1 heterocycles. The highest BCUT2D eigenvalue weighted by atomic mass is 31.2. The first kappa shape index (κ1) is 47.9. The number of hydrogen-bond acceptors (Lipinski definition) is 13. The van der Waals surface area contributed by atoms with Gasteiger partial charge in [0.2, 0.25) is 11.4 Å². The van der Waals surface area contributed by atoms with Gasteiger partial charge in [0.25, 0.3) is 5.69 Å². The molecule has 0 saturated heterocycles. The van der Waals surface area contributed by atoms with Crippen molar-refractivity contribution in [1.29, 1.82) is 0 Å². The number of hydrogen-bond donors (Lipinski definition) is 2. The van der Waals surface area contributed by atoms with E-state index in [1.165, 1.54) is 30.3 Å². The molecule has 0 radical (unpaired) electrons. The first-order valence-corrected chi connectivity index (χ1v) is 21.6. The number of carbonyl (C=O) groups excluding carboxylic acids is 1. The zero-order chi connectivity index (χ0) is 43.3. The summed E-state index contributed by atoms with van der Waals surface area (Å²) < 4.78 is 35.8. The van der Waals surface area contributed by atoms with Gasteiger partial charge in [0.05, 0.1) is 34.3 Å². The second-order valence-corrected chi connectivity index (χ2v) is 15.5. The molecule has 0 fully saturated rings. The fourth-order valence-corrected chi connectivity index (χ4v) is 7.44. The Bertz CT molecular complexity index is 2210. The van der Waals surface area contributed by atoms with E-state index in [9.17, 15) is 29.6 Å². The molecule has 3 aromatic rings. The maximum Gasteiger partial charge on any atom is 0.379 e. The Labute approximate surface area is 350 Å². The molecule has 2 atom stereocenters. The minimum atomic E-state index is -3.76. The van der Waals surface area contributed by atoms with Gasteiger partial charge in [-0.15, -0.1) is 6.42 Å². The fourth-order valence-electron chi connectivity index (χ4n) is 5.70. The van der Waals surface area contributed by atoms with E-state index in [-0.39, 0.29) is 54.3 Å². The van der Waals surface area contributed by atoms with Crippen molar-refractivity contribution in [2.24, 2.45) is 0 Å². The van der Waals surface area contributed by atoms with E-state index in [2.05, 4.69) is 81.3 Å². The van der Waals surface area contributed by atoms with Gasteiger partial charge in [0.15, 0.2) is 5.52 Å². The molecule has 16 nitrogen and oxygen atoms in total. The van der Waals surface area contributed by atoms with Gasteiger partial charge in [-0.1, -0.05) is 71.1 Å². The van der Waals surface area contributed by atoms with Crippen molar-refractivity contribution in [1.82, 2.24) is 15.6 Å². The molecular weight excluding hydrogens is 791 g/mol. The van der Waals surface area contributed by atoms with Crippen molar-refractivity contribution in [2.45, 2.75) is 103 Å². The van der Waals surface area contributed by atoms with Crippen LogP contribution in [-0.2, 0) is 18.6 Å². The molecule has 0 spiro atoms. The lowest BCUT2D eigenvalue weighted by Crippen LogP contribution is -2.41. The van der Waals surface area contributed by atoms with Crippen LogP contribution in [0.1, 0.15) is 96.8 Å². The minimum absolute atomic E-state index is 0.0941. The maximum absolute atomic E-state index is 14.0. The van der Waals surface area contributed by atoms with Gasteiger partial charge in [-0.2, -0.15) is 0 Å². The molecule has 1 amide bonds. The van der Waals surface area contributed by atoms with Crippen LogP contribution < -0.4 is 15.2 Å². The maximum atomic E-state index is 14.0. The fraction of sp³-hybridized carbons (Fsp3) is 0.465. The molecular formula is C43H49N6O10P. The van der Waals surface area contributed by atoms with Crippen molar-refractivity contribution in [3.8, 4) is 65.6 Å². The molecule has 3 rings (SSSR count). The molecule has 0 saturated carbocycles. The van der Waals surface area contributed by atoms with Crippen LogP contribution in [-0.4, -0.2) is 58.0 Å². The number of benzene rings is 2. The predicted molar refractivity (Wildman–Crippen MR) is 227 cm³/mol. The van der Waals surface area contributed by atoms with E-state index in [0.717, 1.165) is 70.6 Å². The normalized spacial score (nSPS) is 11.6. The number of nitro groups is 2. The summed E-state index contributed by atoms with van der Waals surface area (Å²) >= 11 is 0. The van der Waals surface area contributed by atoms with Crippen LogP contribution in [0.3, 0.4) is 0 Å². The quantitative estimate of drug-likeness (QED) is 0.0232. The monoisotopic (exact) mass is 840 g/mol. The van der Waals surface area contributed by atoms with E-state index in [0.29, 0.717) is 30.6 Å². The minimum Gasteiger partial charge on any atom is -0.444 e. The molecule has 0 aliphatic carbocycles. The van der Waals surface area contributed by atoms with Crippen molar-refractivity contribution in [3.63, 3.8) is 0 Å². The van der Waals surface area contributed by atoms with Crippen LogP contribution >= 0.6 is 7.60 Å². The number of unbranched alkanes of at least 4 members (excludes halogenated alkanes) is 11. The molecule has 17 heteroatoms. The summed E-state index contributed by atoms with van der Waals surface area (Å²) in [5, 5.41) is 35.9. The van der Waals surface area contributed by atoms with Crippen LogP contribution in [0, 0.1) is 80.1 Å². The zero-order valence-electron chi connectivity index (χ0n) is 33.7. The van der Waals surface area contributed by atoms with Gasteiger partial charge in [0.1, 0.15) is 18.5 Å². The van der Waals surface area contributed by atoms with E-state index >= 15 is 0 Å². The molecule has 2 unspecified atom stereocenters. The molecule has 0 aliphatic heterocycles. The van der Waals surface area contributed by atoms with Crippen LogP contribution in [0.4, 0.5) is 17.1 Å². The molecule has 0 bridgehead atoms. The van der Waals surface area contributed by atoms with Crippen LogP contribution in [0.2, 0.25) is 0 Å². The SMILES string of the molecule is C#CC#CC#CC#CC#COCC(COP(=O)(CCCCCC)Oc1ccc([N+](=O)[O-])cc1)NC(=O)CCCCCCCCCCCNc1ccc([N+](=O)[O-])c2nonc12. The van der Waals surface area contributed by atoms with E-state index in [4.69, 9.17) is 24.8 Å². The van der Waals surface area contributed by atoms with E-state index in [1.54, 1.807) is 6.07 Å². The smallest absolute Gasteiger partial charge is 0.379 e. The lowest BCUT2D eigenvalue weighted by Gasteiger charge is -2.23. The molecule has 1 aromatic heterocycles. The van der Waals surface area contributed by atoms with Gasteiger partial charge in [0, 0.05) is 54.8 Å². The van der Waals surface area contributed by atoms with Crippen molar-refractivity contribution >= 4 is 41.6 Å². The highest BCUT2D eigenvalue weighted by Crippen LogP contribution is 2.49. The zero-order valence-corrected chi connectivity index (χ0v) is 34.6. The summed E-state index contributed by atoms with van der Waals surface area (Å²) in [6.45, 7) is 2.46. The van der Waals surface area contributed by atoms with Crippen LogP contribution in [0.15, 0.2) is 41.0 Å². The summed E-state index contributed by atoms with van der Waals surface area (Å²) in [6.07, 6.45) is 20.0. The Kier molecular flexibility index (Phi) is 22.4. The molecule has 60 heavy (non-hydrogen) atoms. The number of nitrogens with one attached hydrogen (secondary N) is 2. The summed E-state index contributed by atoms with van der Waals surface area (Å²) in [7, 11) is -3.76. The number of anilines is 1. The van der Waals surface area contributed by atoms with Gasteiger partial charge in [-0.25, -0.2) is 9.19 Å². The number of ether oxygens (including phenoxy) is 1. The second kappa shape index (κ2) is 28.0. The number of carbonyl (C=O) groups is 1. The third-order valence-electron chi connectivity index (χ3n) is 8.76. The third-order valence-corrected chi connectivity index (χ3v) is 10.7. The highest BCUT2D eigenvalue weighted by Gasteiger charge is 2.29. The largest absolute Gasteiger partial charge is 0.444 e. The number of nitro benzene ring substituents is 2. The van der Waals surface area contributed by atoms with Crippen molar-refractivity contribution in [3.05, 3.63) is 56.6 Å². The lowest BCUT2D eigenvalue weighted by molar-refractivity contribution is -0.384. The summed E-state index contributed by atoms with van der Waals surface area (Å²) in [5.41, 5.74) is 0.831. The van der Waals surface area contributed by atoms with Crippen molar-refractivity contribution in [2.75, 3.05) is 31.2 Å². The van der Waals surface area contributed by atoms with Crippen LogP contribution in [0.5, 0.6) is 5.75 Å². The first-order chi connectivity index (χ1) is 29.2. The van der Waals surface area contributed by atoms with Gasteiger partial charge in [-0.05, 0) is 71.5 Å². The number of terminal acetylenes is 1. The lowest BCUT2D eigenvalue weighted by atomic mass is 10.1. The van der Waals surface area contributed by atoms with Gasteiger partial charge in [-0.3, -0.25) is 29.5 Å². The van der Waals surface area contributed by atoms with Gasteiger partial charge >= 0.3 is 13.3 Å². The number of rotatable bonds is 28. The predicted octanol–water partition coefficient (Wildman–Crippen LogP) is 8.33. The van der Waals surface area contributed by atoms with Crippen molar-refractivity contribution < 1.29 is 37.6 Å².